The van der Waals surface area contributed by atoms with Crippen molar-refractivity contribution in [3.8, 4) is 5.75 Å². The van der Waals surface area contributed by atoms with Crippen molar-refractivity contribution < 1.29 is 9.90 Å². The number of aromatic hydroxyl groups is 1. The molecule has 0 heterocycles. The van der Waals surface area contributed by atoms with E-state index in [1.807, 2.05) is 7.05 Å². The minimum Gasteiger partial charge on any atom is -0.508 e. The Labute approximate surface area is 120 Å². The Balaban J connectivity index is 2.07. The number of hydrogen-bond acceptors (Lipinski definition) is 3. The minimum atomic E-state index is -0.0988. The molecule has 1 aliphatic carbocycles. The van der Waals surface area contributed by atoms with Gasteiger partial charge in [0.2, 0.25) is 0 Å². The molecule has 0 aromatic heterocycles. The van der Waals surface area contributed by atoms with E-state index in [1.54, 1.807) is 11.0 Å². The molecule has 0 atom stereocenters. The zero-order valence-corrected chi connectivity index (χ0v) is 12.3. The van der Waals surface area contributed by atoms with E-state index in [-0.39, 0.29) is 17.7 Å². The summed E-state index contributed by atoms with van der Waals surface area (Å²) < 4.78 is 0. The molecular weight excluding hydrogens is 252 g/mol. The van der Waals surface area contributed by atoms with Gasteiger partial charge in [0, 0.05) is 18.8 Å². The van der Waals surface area contributed by atoms with E-state index in [1.165, 1.54) is 31.4 Å². The number of nitrogens with zero attached hydrogens (tertiary/aromatic N) is 1. The first kappa shape index (κ1) is 14.7. The molecule has 0 bridgehead atoms. The van der Waals surface area contributed by atoms with Crippen LogP contribution >= 0.6 is 0 Å². The smallest absolute Gasteiger partial charge is 0.256 e. The largest absolute Gasteiger partial charge is 0.508 e. The Morgan fingerprint density at radius 3 is 2.60 bits per heavy atom. The van der Waals surface area contributed by atoms with Crippen LogP contribution in [0.1, 0.15) is 49.4 Å². The van der Waals surface area contributed by atoms with Crippen LogP contribution in [0.5, 0.6) is 5.75 Å². The second-order valence-corrected chi connectivity index (χ2v) is 5.77. The number of benzene rings is 1. The molecule has 0 saturated heterocycles. The standard InChI is InChI=1S/C16H24N2O2/c1-3-11-4-6-12(7-5-11)18(2)16(20)14-10-13(19)8-9-15(14)17/h8-12,19H,3-7,17H2,1-2H3. The second-order valence-electron chi connectivity index (χ2n) is 5.77. The lowest BCUT2D eigenvalue weighted by molar-refractivity contribution is 0.0675. The van der Waals surface area contributed by atoms with Crippen molar-refractivity contribution in [2.45, 2.75) is 45.1 Å². The van der Waals surface area contributed by atoms with Gasteiger partial charge in [-0.2, -0.15) is 0 Å². The van der Waals surface area contributed by atoms with Crippen molar-refractivity contribution >= 4 is 11.6 Å². The molecule has 4 heteroatoms. The monoisotopic (exact) mass is 276 g/mol. The van der Waals surface area contributed by atoms with Gasteiger partial charge >= 0.3 is 0 Å². The van der Waals surface area contributed by atoms with E-state index in [0.717, 1.165) is 18.8 Å². The van der Waals surface area contributed by atoms with Crippen LogP contribution in [0.25, 0.3) is 0 Å². The van der Waals surface area contributed by atoms with Crippen LogP contribution in [0, 0.1) is 5.92 Å². The van der Waals surface area contributed by atoms with Gasteiger partial charge in [0.1, 0.15) is 5.75 Å². The Bertz CT molecular complexity index is 479. The molecule has 1 aromatic carbocycles. The zero-order valence-electron chi connectivity index (χ0n) is 12.3. The number of nitrogen functional groups attached to an aromatic ring is 1. The highest BCUT2D eigenvalue weighted by atomic mass is 16.3. The fourth-order valence-corrected chi connectivity index (χ4v) is 3.03. The van der Waals surface area contributed by atoms with E-state index >= 15 is 0 Å². The molecule has 0 radical (unpaired) electrons. The SMILES string of the molecule is CCC1CCC(N(C)C(=O)c2cc(O)ccc2N)CC1. The number of phenols is 1. The quantitative estimate of drug-likeness (QED) is 0.658. The van der Waals surface area contributed by atoms with Crippen LogP contribution < -0.4 is 5.73 Å². The number of rotatable bonds is 3. The topological polar surface area (TPSA) is 66.6 Å². The van der Waals surface area contributed by atoms with Gasteiger partial charge in [0.15, 0.2) is 0 Å². The molecule has 1 saturated carbocycles. The number of carbonyl (C=O) groups is 1. The molecule has 0 unspecified atom stereocenters. The zero-order chi connectivity index (χ0) is 14.7. The predicted molar refractivity (Wildman–Crippen MR) is 80.6 cm³/mol. The summed E-state index contributed by atoms with van der Waals surface area (Å²) >= 11 is 0. The minimum absolute atomic E-state index is 0.0747. The van der Waals surface area contributed by atoms with Crippen molar-refractivity contribution in [1.29, 1.82) is 0 Å². The van der Waals surface area contributed by atoms with Crippen LogP contribution in [-0.4, -0.2) is 29.0 Å². The Morgan fingerprint density at radius 1 is 1.35 bits per heavy atom. The molecule has 1 amide bonds. The maximum absolute atomic E-state index is 12.5. The lowest BCUT2D eigenvalue weighted by atomic mass is 9.84. The Kier molecular flexibility index (Phi) is 4.53. The number of amides is 1. The van der Waals surface area contributed by atoms with Gasteiger partial charge in [-0.15, -0.1) is 0 Å². The van der Waals surface area contributed by atoms with Gasteiger partial charge < -0.3 is 15.7 Å². The highest BCUT2D eigenvalue weighted by Crippen LogP contribution is 2.30. The van der Waals surface area contributed by atoms with E-state index in [4.69, 9.17) is 5.73 Å². The first-order chi connectivity index (χ1) is 9.52. The van der Waals surface area contributed by atoms with Gasteiger partial charge in [0.05, 0.1) is 5.56 Å². The van der Waals surface area contributed by atoms with E-state index in [0.29, 0.717) is 11.3 Å². The maximum atomic E-state index is 12.5. The fraction of sp³-hybridized carbons (Fsp3) is 0.562. The highest BCUT2D eigenvalue weighted by Gasteiger charge is 2.27. The molecule has 20 heavy (non-hydrogen) atoms. The molecule has 4 nitrogen and oxygen atoms in total. The fourth-order valence-electron chi connectivity index (χ4n) is 3.03. The Morgan fingerprint density at radius 2 is 2.00 bits per heavy atom. The van der Waals surface area contributed by atoms with Crippen LogP contribution in [0.4, 0.5) is 5.69 Å². The van der Waals surface area contributed by atoms with Crippen LogP contribution in [-0.2, 0) is 0 Å². The summed E-state index contributed by atoms with van der Waals surface area (Å²) in [4.78, 5) is 14.3. The summed E-state index contributed by atoms with van der Waals surface area (Å²) in [6.07, 6.45) is 5.71. The van der Waals surface area contributed by atoms with E-state index < -0.39 is 0 Å². The summed E-state index contributed by atoms with van der Waals surface area (Å²) in [6.45, 7) is 2.23. The number of phenolic OH excluding ortho intramolecular Hbond substituents is 1. The first-order valence-electron chi connectivity index (χ1n) is 7.38. The predicted octanol–water partition coefficient (Wildman–Crippen LogP) is 3.02. The molecule has 0 spiro atoms. The van der Waals surface area contributed by atoms with E-state index in [2.05, 4.69) is 6.92 Å². The van der Waals surface area contributed by atoms with Crippen molar-refractivity contribution in [2.24, 2.45) is 5.92 Å². The van der Waals surface area contributed by atoms with Crippen LogP contribution in [0.3, 0.4) is 0 Å². The van der Waals surface area contributed by atoms with Crippen molar-refractivity contribution in [1.82, 2.24) is 4.90 Å². The Hall–Kier alpha value is -1.71. The summed E-state index contributed by atoms with van der Waals surface area (Å²) in [5, 5.41) is 9.52. The normalized spacial score (nSPS) is 22.5. The molecule has 3 N–H and O–H groups in total. The van der Waals surface area contributed by atoms with Gasteiger partial charge in [-0.05, 0) is 49.8 Å². The molecule has 0 aliphatic heterocycles. The van der Waals surface area contributed by atoms with Crippen LogP contribution in [0.15, 0.2) is 18.2 Å². The molecular formula is C16H24N2O2. The van der Waals surface area contributed by atoms with Gasteiger partial charge in [-0.1, -0.05) is 13.3 Å². The number of nitrogens with two attached hydrogens (primary N) is 1. The molecule has 1 aliphatic rings. The van der Waals surface area contributed by atoms with Crippen molar-refractivity contribution in [3.63, 3.8) is 0 Å². The lowest BCUT2D eigenvalue weighted by Gasteiger charge is -2.34. The second kappa shape index (κ2) is 6.16. The van der Waals surface area contributed by atoms with Gasteiger partial charge in [-0.25, -0.2) is 0 Å². The third kappa shape index (κ3) is 3.06. The molecule has 110 valence electrons. The number of carbonyl (C=O) groups excluding carboxylic acids is 1. The average Bonchev–Trinajstić information content (AvgIpc) is 2.48. The number of hydrogen-bond donors (Lipinski definition) is 2. The third-order valence-electron chi connectivity index (χ3n) is 4.53. The molecule has 1 aromatic rings. The third-order valence-corrected chi connectivity index (χ3v) is 4.53. The first-order valence-corrected chi connectivity index (χ1v) is 7.38. The van der Waals surface area contributed by atoms with Crippen molar-refractivity contribution in [2.75, 3.05) is 12.8 Å². The maximum Gasteiger partial charge on any atom is 0.256 e. The summed E-state index contributed by atoms with van der Waals surface area (Å²) in [6, 6.07) is 4.81. The van der Waals surface area contributed by atoms with E-state index in [9.17, 15) is 9.90 Å². The van der Waals surface area contributed by atoms with Gasteiger partial charge in [-0.3, -0.25) is 4.79 Å². The van der Waals surface area contributed by atoms with Gasteiger partial charge in [0.25, 0.3) is 5.91 Å². The summed E-state index contributed by atoms with van der Waals surface area (Å²) in [7, 11) is 1.84. The van der Waals surface area contributed by atoms with Crippen LogP contribution in [0.2, 0.25) is 0 Å². The van der Waals surface area contributed by atoms with Crippen molar-refractivity contribution in [3.05, 3.63) is 23.8 Å². The highest BCUT2D eigenvalue weighted by molar-refractivity contribution is 5.99. The lowest BCUT2D eigenvalue weighted by Crippen LogP contribution is -2.39. The molecule has 1 fully saturated rings. The molecule has 2 rings (SSSR count). The number of anilines is 1. The summed E-state index contributed by atoms with van der Waals surface area (Å²) in [5.41, 5.74) is 6.65. The summed E-state index contributed by atoms with van der Waals surface area (Å²) in [5.74, 6) is 0.782. The average molecular weight is 276 g/mol.